The van der Waals surface area contributed by atoms with Gasteiger partial charge in [0, 0.05) is 25.2 Å². The van der Waals surface area contributed by atoms with Gasteiger partial charge in [0.1, 0.15) is 0 Å². The van der Waals surface area contributed by atoms with Crippen LogP contribution in [-0.4, -0.2) is 54.5 Å². The van der Waals surface area contributed by atoms with E-state index in [4.69, 9.17) is 5.73 Å². The van der Waals surface area contributed by atoms with E-state index in [2.05, 4.69) is 39.6 Å². The summed E-state index contributed by atoms with van der Waals surface area (Å²) < 4.78 is 0. The molecule has 1 aliphatic rings. The van der Waals surface area contributed by atoms with Gasteiger partial charge in [-0.05, 0) is 44.6 Å². The minimum atomic E-state index is 0.273. The topological polar surface area (TPSA) is 49.6 Å². The molecule has 1 saturated carbocycles. The van der Waals surface area contributed by atoms with Crippen molar-refractivity contribution in [2.75, 3.05) is 26.7 Å². The van der Waals surface area contributed by atoms with Gasteiger partial charge in [0.2, 0.25) is 5.91 Å². The number of nitrogens with two attached hydrogens (primary N) is 1. The molecule has 1 rings (SSSR count). The van der Waals surface area contributed by atoms with E-state index < -0.39 is 0 Å². The molecule has 0 atom stereocenters. The van der Waals surface area contributed by atoms with Crippen molar-refractivity contribution >= 4 is 5.91 Å². The maximum atomic E-state index is 12.6. The molecule has 0 saturated heterocycles. The van der Waals surface area contributed by atoms with Crippen LogP contribution < -0.4 is 5.73 Å². The number of carbonyl (C=O) groups is 1. The highest BCUT2D eigenvalue weighted by Crippen LogP contribution is 2.21. The molecule has 0 aromatic carbocycles. The molecule has 0 unspecified atom stereocenters. The first-order valence-corrected chi connectivity index (χ1v) is 8.53. The Hall–Kier alpha value is -0.610. The first-order valence-electron chi connectivity index (χ1n) is 8.53. The summed E-state index contributed by atoms with van der Waals surface area (Å²) in [6.45, 7) is 11.0. The summed E-state index contributed by atoms with van der Waals surface area (Å²) >= 11 is 0. The number of nitrogens with zero attached hydrogens (tertiary/aromatic N) is 2. The number of hydrogen-bond acceptors (Lipinski definition) is 3. The first kappa shape index (κ1) is 18.4. The molecule has 21 heavy (non-hydrogen) atoms. The van der Waals surface area contributed by atoms with Crippen molar-refractivity contribution in [2.24, 2.45) is 17.6 Å². The molecule has 1 amide bonds. The van der Waals surface area contributed by atoms with Crippen LogP contribution >= 0.6 is 0 Å². The average molecular weight is 297 g/mol. The van der Waals surface area contributed by atoms with Crippen molar-refractivity contribution in [3.05, 3.63) is 0 Å². The lowest BCUT2D eigenvalue weighted by atomic mass is 9.91. The monoisotopic (exact) mass is 297 g/mol. The molecule has 0 aromatic rings. The molecule has 4 heteroatoms. The summed E-state index contributed by atoms with van der Waals surface area (Å²) in [7, 11) is 2.09. The Morgan fingerprint density at radius 3 is 1.95 bits per heavy atom. The quantitative estimate of drug-likeness (QED) is 0.784. The van der Waals surface area contributed by atoms with Gasteiger partial charge in [-0.15, -0.1) is 0 Å². The van der Waals surface area contributed by atoms with Gasteiger partial charge >= 0.3 is 0 Å². The molecule has 0 aliphatic heterocycles. The largest absolute Gasteiger partial charge is 0.341 e. The molecule has 0 heterocycles. The lowest BCUT2D eigenvalue weighted by Crippen LogP contribution is -2.46. The molecule has 4 nitrogen and oxygen atoms in total. The van der Waals surface area contributed by atoms with Crippen molar-refractivity contribution in [2.45, 2.75) is 65.5 Å². The van der Waals surface area contributed by atoms with Crippen molar-refractivity contribution in [3.63, 3.8) is 0 Å². The molecule has 0 spiro atoms. The minimum Gasteiger partial charge on any atom is -0.341 e. The van der Waals surface area contributed by atoms with E-state index in [9.17, 15) is 4.79 Å². The smallest absolute Gasteiger partial charge is 0.236 e. The van der Waals surface area contributed by atoms with Gasteiger partial charge in [0.15, 0.2) is 0 Å². The second-order valence-electron chi connectivity index (χ2n) is 7.57. The Kier molecular flexibility index (Phi) is 7.67. The second-order valence-corrected chi connectivity index (χ2v) is 7.57. The number of amides is 1. The SMILES string of the molecule is CC(C)CN(CC(C)C)C(=O)CN(C)C1CCC(N)CC1. The zero-order valence-electron chi connectivity index (χ0n) is 14.6. The number of carbonyl (C=O) groups excluding carboxylic acids is 1. The fraction of sp³-hybridized carbons (Fsp3) is 0.941. The number of rotatable bonds is 7. The summed E-state index contributed by atoms with van der Waals surface area (Å²) in [6, 6.07) is 0.887. The van der Waals surface area contributed by atoms with E-state index in [1.54, 1.807) is 0 Å². The molecular weight excluding hydrogens is 262 g/mol. The van der Waals surface area contributed by atoms with E-state index in [0.29, 0.717) is 30.5 Å². The van der Waals surface area contributed by atoms with E-state index in [0.717, 1.165) is 38.8 Å². The minimum absolute atomic E-state index is 0.273. The van der Waals surface area contributed by atoms with Crippen LogP contribution in [-0.2, 0) is 4.79 Å². The average Bonchev–Trinajstić information content (AvgIpc) is 2.37. The predicted molar refractivity (Wildman–Crippen MR) is 89.1 cm³/mol. The Morgan fingerprint density at radius 2 is 1.52 bits per heavy atom. The van der Waals surface area contributed by atoms with Crippen LogP contribution in [0, 0.1) is 11.8 Å². The lowest BCUT2D eigenvalue weighted by Gasteiger charge is -2.35. The lowest BCUT2D eigenvalue weighted by molar-refractivity contribution is -0.133. The van der Waals surface area contributed by atoms with Crippen LogP contribution in [0.5, 0.6) is 0 Å². The van der Waals surface area contributed by atoms with Crippen LogP contribution in [0.15, 0.2) is 0 Å². The number of hydrogen-bond donors (Lipinski definition) is 1. The molecular formula is C17H35N3O. The van der Waals surface area contributed by atoms with Gasteiger partial charge in [-0.2, -0.15) is 0 Å². The summed E-state index contributed by atoms with van der Waals surface area (Å²) in [6.07, 6.45) is 4.43. The van der Waals surface area contributed by atoms with E-state index in [-0.39, 0.29) is 5.91 Å². The molecule has 0 aromatic heterocycles. The van der Waals surface area contributed by atoms with Gasteiger partial charge in [0.25, 0.3) is 0 Å². The van der Waals surface area contributed by atoms with Gasteiger partial charge in [0.05, 0.1) is 6.54 Å². The van der Waals surface area contributed by atoms with Gasteiger partial charge < -0.3 is 10.6 Å². The van der Waals surface area contributed by atoms with E-state index in [1.807, 2.05) is 4.90 Å². The second kappa shape index (κ2) is 8.74. The highest BCUT2D eigenvalue weighted by atomic mass is 16.2. The Balaban J connectivity index is 2.50. The molecule has 0 bridgehead atoms. The van der Waals surface area contributed by atoms with Crippen LogP contribution in [0.4, 0.5) is 0 Å². The van der Waals surface area contributed by atoms with Gasteiger partial charge in [-0.25, -0.2) is 0 Å². The maximum Gasteiger partial charge on any atom is 0.236 e. The van der Waals surface area contributed by atoms with Gasteiger partial charge in [-0.1, -0.05) is 27.7 Å². The third-order valence-corrected chi connectivity index (χ3v) is 4.27. The highest BCUT2D eigenvalue weighted by Gasteiger charge is 2.25. The zero-order chi connectivity index (χ0) is 16.0. The fourth-order valence-corrected chi connectivity index (χ4v) is 3.14. The van der Waals surface area contributed by atoms with Crippen LogP contribution in [0.1, 0.15) is 53.4 Å². The fourth-order valence-electron chi connectivity index (χ4n) is 3.14. The van der Waals surface area contributed by atoms with Crippen LogP contribution in [0.2, 0.25) is 0 Å². The highest BCUT2D eigenvalue weighted by molar-refractivity contribution is 5.78. The van der Waals surface area contributed by atoms with Crippen molar-refractivity contribution in [3.8, 4) is 0 Å². The standard InChI is InChI=1S/C17H35N3O/c1-13(2)10-20(11-14(3)4)17(21)12-19(5)16-8-6-15(18)7-9-16/h13-16H,6-12,18H2,1-5H3. The molecule has 1 fully saturated rings. The summed E-state index contributed by atoms with van der Waals surface area (Å²) in [5, 5.41) is 0. The Morgan fingerprint density at radius 1 is 1.05 bits per heavy atom. The van der Waals surface area contributed by atoms with E-state index in [1.165, 1.54) is 0 Å². The molecule has 124 valence electrons. The Labute approximate surface area is 131 Å². The summed E-state index contributed by atoms with van der Waals surface area (Å²) in [5.41, 5.74) is 5.96. The number of likely N-dealkylation sites (N-methyl/N-ethyl adjacent to an activating group) is 1. The third-order valence-electron chi connectivity index (χ3n) is 4.27. The summed E-state index contributed by atoms with van der Waals surface area (Å²) in [4.78, 5) is 16.9. The van der Waals surface area contributed by atoms with Crippen LogP contribution in [0.3, 0.4) is 0 Å². The van der Waals surface area contributed by atoms with Crippen molar-refractivity contribution in [1.82, 2.24) is 9.80 Å². The zero-order valence-corrected chi connectivity index (χ0v) is 14.6. The Bertz CT molecular complexity index is 299. The van der Waals surface area contributed by atoms with E-state index >= 15 is 0 Å². The first-order chi connectivity index (χ1) is 9.79. The van der Waals surface area contributed by atoms with Gasteiger partial charge in [-0.3, -0.25) is 9.69 Å². The maximum absolute atomic E-state index is 12.6. The van der Waals surface area contributed by atoms with Crippen molar-refractivity contribution in [1.29, 1.82) is 0 Å². The molecule has 0 radical (unpaired) electrons. The van der Waals surface area contributed by atoms with Crippen molar-refractivity contribution < 1.29 is 4.79 Å². The normalized spacial score (nSPS) is 23.1. The predicted octanol–water partition coefficient (Wildman–Crippen LogP) is 2.33. The van der Waals surface area contributed by atoms with Crippen LogP contribution in [0.25, 0.3) is 0 Å². The summed E-state index contributed by atoms with van der Waals surface area (Å²) in [5.74, 6) is 1.31. The third kappa shape index (κ3) is 6.79. The molecule has 2 N–H and O–H groups in total. The molecule has 1 aliphatic carbocycles.